The van der Waals surface area contributed by atoms with E-state index in [4.69, 9.17) is 16.3 Å². The molecule has 0 bridgehead atoms. The Morgan fingerprint density at radius 2 is 1.79 bits per heavy atom. The first kappa shape index (κ1) is 23.5. The van der Waals surface area contributed by atoms with Gasteiger partial charge >= 0.3 is 0 Å². The number of carbonyl (C=O) groups excluding carboxylic acids is 2. The smallest absolute Gasteiger partial charge is 0.280 e. The molecule has 0 saturated heterocycles. The quantitative estimate of drug-likeness (QED) is 0.408. The van der Waals surface area contributed by atoms with E-state index >= 15 is 0 Å². The zero-order chi connectivity index (χ0) is 24.4. The van der Waals surface area contributed by atoms with Gasteiger partial charge in [0, 0.05) is 17.6 Å². The summed E-state index contributed by atoms with van der Waals surface area (Å²) in [4.78, 5) is 42.4. The molecule has 4 aromatic rings. The van der Waals surface area contributed by atoms with E-state index in [9.17, 15) is 14.4 Å². The molecule has 4 rings (SSSR count). The second-order valence-corrected chi connectivity index (χ2v) is 9.11. The van der Waals surface area contributed by atoms with Crippen LogP contribution in [0.15, 0.2) is 53.6 Å². The van der Waals surface area contributed by atoms with Crippen LogP contribution in [0.5, 0.6) is 5.75 Å². The van der Waals surface area contributed by atoms with Crippen molar-refractivity contribution in [3.8, 4) is 5.75 Å². The highest BCUT2D eigenvalue weighted by atomic mass is 35.5. The van der Waals surface area contributed by atoms with E-state index in [0.29, 0.717) is 43.6 Å². The molecule has 0 aliphatic carbocycles. The van der Waals surface area contributed by atoms with E-state index in [1.807, 2.05) is 13.0 Å². The largest absolute Gasteiger partial charge is 0.489 e. The maximum atomic E-state index is 12.6. The zero-order valence-electron chi connectivity index (χ0n) is 18.6. The molecular formula is C24H21ClN4O4S. The Morgan fingerprint density at radius 1 is 1.09 bits per heavy atom. The molecule has 2 amide bonds. The molecule has 2 N–H and O–H groups in total. The number of nitrogens with zero attached hydrogens (tertiary/aromatic N) is 2. The summed E-state index contributed by atoms with van der Waals surface area (Å²) in [7, 11) is 1.60. The van der Waals surface area contributed by atoms with Crippen molar-refractivity contribution in [1.82, 2.24) is 20.4 Å². The molecule has 8 nitrogen and oxygen atoms in total. The molecule has 2 aromatic carbocycles. The Labute approximate surface area is 204 Å². The fourth-order valence-corrected chi connectivity index (χ4v) is 4.45. The van der Waals surface area contributed by atoms with E-state index < -0.39 is 11.8 Å². The number of ether oxygens (including phenoxy) is 1. The van der Waals surface area contributed by atoms with E-state index in [1.54, 1.807) is 50.4 Å². The SMILES string of the molecule is Cc1cc(OCc2ccc(C(=O)NNC(=O)c3sc4ncn(C)c(=O)c4c3C)cc2)ccc1Cl. The maximum absolute atomic E-state index is 12.6. The molecule has 10 heteroatoms. The monoisotopic (exact) mass is 496 g/mol. The highest BCUT2D eigenvalue weighted by molar-refractivity contribution is 7.20. The van der Waals surface area contributed by atoms with Crippen LogP contribution < -0.4 is 21.1 Å². The summed E-state index contributed by atoms with van der Waals surface area (Å²) in [5.74, 6) is -0.280. The number of nitrogens with one attached hydrogen (secondary N) is 2. The normalized spacial score (nSPS) is 10.8. The second-order valence-electron chi connectivity index (χ2n) is 7.70. The number of rotatable bonds is 5. The van der Waals surface area contributed by atoms with E-state index in [1.165, 1.54) is 10.9 Å². The highest BCUT2D eigenvalue weighted by Crippen LogP contribution is 2.26. The molecule has 2 aromatic heterocycles. The number of aryl methyl sites for hydroxylation is 3. The summed E-state index contributed by atoms with van der Waals surface area (Å²) in [6.07, 6.45) is 1.41. The Kier molecular flexibility index (Phi) is 6.67. The van der Waals surface area contributed by atoms with Gasteiger partial charge in [0.2, 0.25) is 0 Å². The Balaban J connectivity index is 1.36. The molecule has 0 aliphatic rings. The fraction of sp³-hybridized carbons (Fsp3) is 0.167. The van der Waals surface area contributed by atoms with E-state index in [2.05, 4.69) is 15.8 Å². The van der Waals surface area contributed by atoms with Crippen LogP contribution >= 0.6 is 22.9 Å². The van der Waals surface area contributed by atoms with Crippen LogP contribution in [0.2, 0.25) is 5.02 Å². The van der Waals surface area contributed by atoms with Gasteiger partial charge in [0.25, 0.3) is 17.4 Å². The number of carbonyl (C=O) groups is 2. The predicted molar refractivity (Wildman–Crippen MR) is 131 cm³/mol. The van der Waals surface area contributed by atoms with Gasteiger partial charge in [-0.15, -0.1) is 11.3 Å². The van der Waals surface area contributed by atoms with Crippen LogP contribution in [0.4, 0.5) is 0 Å². The van der Waals surface area contributed by atoms with Gasteiger partial charge in [-0.25, -0.2) is 4.98 Å². The molecule has 0 atom stereocenters. The van der Waals surface area contributed by atoms with Gasteiger partial charge < -0.3 is 9.30 Å². The average Bonchev–Trinajstić information content (AvgIpc) is 3.17. The number of amides is 2. The van der Waals surface area contributed by atoms with Crippen LogP contribution in [0.25, 0.3) is 10.2 Å². The lowest BCUT2D eigenvalue weighted by molar-refractivity contribution is 0.0848. The van der Waals surface area contributed by atoms with Gasteiger partial charge in [-0.05, 0) is 60.9 Å². The summed E-state index contributed by atoms with van der Waals surface area (Å²) in [5, 5.41) is 1.08. The van der Waals surface area contributed by atoms with Crippen LogP contribution in [-0.4, -0.2) is 21.4 Å². The minimum Gasteiger partial charge on any atom is -0.489 e. The first-order chi connectivity index (χ1) is 16.2. The lowest BCUT2D eigenvalue weighted by Gasteiger charge is -2.09. The van der Waals surface area contributed by atoms with Gasteiger partial charge in [0.15, 0.2) is 0 Å². The van der Waals surface area contributed by atoms with Crippen molar-refractivity contribution in [3.63, 3.8) is 0 Å². The summed E-state index contributed by atoms with van der Waals surface area (Å²) >= 11 is 7.13. The van der Waals surface area contributed by atoms with Gasteiger partial charge in [0.1, 0.15) is 17.2 Å². The lowest BCUT2D eigenvalue weighted by Crippen LogP contribution is -2.41. The third-order valence-electron chi connectivity index (χ3n) is 5.26. The standard InChI is InChI=1S/C24H21ClN4O4S/c1-13-10-17(8-9-18(13)25)33-11-15-4-6-16(7-5-15)21(30)27-28-22(31)20-14(2)19-23(34-20)26-12-29(3)24(19)32/h4-10,12H,11H2,1-3H3,(H,27,30)(H,28,31). The maximum Gasteiger partial charge on any atom is 0.280 e. The molecule has 0 aliphatic heterocycles. The molecule has 174 valence electrons. The highest BCUT2D eigenvalue weighted by Gasteiger charge is 2.19. The Hall–Kier alpha value is -3.69. The van der Waals surface area contributed by atoms with Gasteiger partial charge in [-0.2, -0.15) is 0 Å². The average molecular weight is 497 g/mol. The number of fused-ring (bicyclic) bond motifs is 1. The number of benzene rings is 2. The second kappa shape index (κ2) is 9.66. The first-order valence-corrected chi connectivity index (χ1v) is 11.5. The summed E-state index contributed by atoms with van der Waals surface area (Å²) in [6, 6.07) is 12.3. The number of hydrogen-bond donors (Lipinski definition) is 2. The molecule has 0 spiro atoms. The van der Waals surface area contributed by atoms with Crippen molar-refractivity contribution in [2.24, 2.45) is 7.05 Å². The molecule has 0 radical (unpaired) electrons. The molecule has 2 heterocycles. The molecular weight excluding hydrogens is 476 g/mol. The minimum atomic E-state index is -0.515. The van der Waals surface area contributed by atoms with Crippen molar-refractivity contribution in [1.29, 1.82) is 0 Å². The number of hydrogen-bond acceptors (Lipinski definition) is 6. The van der Waals surface area contributed by atoms with Crippen molar-refractivity contribution >= 4 is 45.0 Å². The molecule has 34 heavy (non-hydrogen) atoms. The predicted octanol–water partition coefficient (Wildman–Crippen LogP) is 3.92. The van der Waals surface area contributed by atoms with E-state index in [0.717, 1.165) is 22.5 Å². The fourth-order valence-electron chi connectivity index (χ4n) is 3.29. The van der Waals surface area contributed by atoms with Crippen molar-refractivity contribution in [3.05, 3.63) is 91.3 Å². The summed E-state index contributed by atoms with van der Waals surface area (Å²) in [6.45, 7) is 3.92. The third-order valence-corrected chi connectivity index (χ3v) is 6.88. The Bertz CT molecular complexity index is 1460. The van der Waals surface area contributed by atoms with Crippen LogP contribution in [0.3, 0.4) is 0 Å². The van der Waals surface area contributed by atoms with Crippen molar-refractivity contribution in [2.75, 3.05) is 0 Å². The van der Waals surface area contributed by atoms with Crippen LogP contribution in [-0.2, 0) is 13.7 Å². The first-order valence-electron chi connectivity index (χ1n) is 10.3. The number of hydrazine groups is 1. The topological polar surface area (TPSA) is 102 Å². The van der Waals surface area contributed by atoms with Gasteiger partial charge in [-0.3, -0.25) is 25.2 Å². The number of halogens is 1. The Morgan fingerprint density at radius 3 is 2.50 bits per heavy atom. The lowest BCUT2D eigenvalue weighted by atomic mass is 10.1. The minimum absolute atomic E-state index is 0.225. The van der Waals surface area contributed by atoms with Crippen LogP contribution in [0.1, 0.15) is 36.7 Å². The number of thiophene rings is 1. The van der Waals surface area contributed by atoms with Crippen molar-refractivity contribution < 1.29 is 14.3 Å². The van der Waals surface area contributed by atoms with Crippen LogP contribution in [0, 0.1) is 13.8 Å². The molecule has 0 fully saturated rings. The zero-order valence-corrected chi connectivity index (χ0v) is 20.2. The third kappa shape index (κ3) is 4.80. The molecule has 0 unspecified atom stereocenters. The molecule has 0 saturated carbocycles. The van der Waals surface area contributed by atoms with Gasteiger partial charge in [0.05, 0.1) is 16.6 Å². The summed E-state index contributed by atoms with van der Waals surface area (Å²) < 4.78 is 7.12. The van der Waals surface area contributed by atoms with Gasteiger partial charge in [-0.1, -0.05) is 23.7 Å². The van der Waals surface area contributed by atoms with Crippen molar-refractivity contribution in [2.45, 2.75) is 20.5 Å². The number of aromatic nitrogens is 2. The summed E-state index contributed by atoms with van der Waals surface area (Å²) in [5.41, 5.74) is 7.29. The van der Waals surface area contributed by atoms with E-state index in [-0.39, 0.29) is 5.56 Å².